The Bertz CT molecular complexity index is 579. The number of anilines is 1. The molecule has 2 aliphatic rings. The molecular weight excluding hydrogens is 271 g/mol. The van der Waals surface area contributed by atoms with Crippen molar-refractivity contribution in [2.45, 2.75) is 38.7 Å². The normalized spacial score (nSPS) is 19.0. The van der Waals surface area contributed by atoms with Crippen LogP contribution in [0, 0.1) is 5.82 Å². The third kappa shape index (κ3) is 2.60. The summed E-state index contributed by atoms with van der Waals surface area (Å²) in [5.74, 6) is 0.456. The van der Waals surface area contributed by atoms with E-state index in [0.717, 1.165) is 25.7 Å². The van der Waals surface area contributed by atoms with E-state index in [1.807, 2.05) is 6.92 Å². The molecule has 5 heteroatoms. The second-order valence-corrected chi connectivity index (χ2v) is 5.35. The van der Waals surface area contributed by atoms with Crippen LogP contribution in [0.1, 0.15) is 32.6 Å². The van der Waals surface area contributed by atoms with Gasteiger partial charge in [0.15, 0.2) is 5.82 Å². The summed E-state index contributed by atoms with van der Waals surface area (Å²) in [6.07, 6.45) is 4.42. The highest BCUT2D eigenvalue weighted by molar-refractivity contribution is 6.14. The maximum Gasteiger partial charge on any atom is 0.303 e. The molecule has 1 aromatic rings. The average Bonchev–Trinajstić information content (AvgIpc) is 2.98. The Kier molecular flexibility index (Phi) is 3.82. The molecule has 0 radical (unpaired) electrons. The molecular formula is C16H19FN2O2. The number of rotatable bonds is 5. The molecule has 3 rings (SSSR count). The molecule has 0 unspecified atom stereocenters. The number of amides is 1. The zero-order chi connectivity index (χ0) is 14.8. The van der Waals surface area contributed by atoms with Crippen LogP contribution in [0.2, 0.25) is 0 Å². The van der Waals surface area contributed by atoms with Gasteiger partial charge in [0.05, 0.1) is 11.8 Å². The maximum absolute atomic E-state index is 13.3. The van der Waals surface area contributed by atoms with Crippen LogP contribution in [0.3, 0.4) is 0 Å². The van der Waals surface area contributed by atoms with E-state index in [0.29, 0.717) is 23.8 Å². The first-order chi connectivity index (χ1) is 10.2. The van der Waals surface area contributed by atoms with Gasteiger partial charge in [0.25, 0.3) is 0 Å². The monoisotopic (exact) mass is 290 g/mol. The number of ether oxygens (including phenoxy) is 1. The molecule has 1 amide bonds. The van der Waals surface area contributed by atoms with Gasteiger partial charge in [-0.25, -0.2) is 4.39 Å². The minimum atomic E-state index is -0.360. The number of halogens is 1. The number of nitrogens with one attached hydrogen (secondary N) is 1. The molecule has 21 heavy (non-hydrogen) atoms. The van der Waals surface area contributed by atoms with Crippen molar-refractivity contribution in [3.05, 3.63) is 41.7 Å². The molecule has 1 fully saturated rings. The molecule has 0 saturated heterocycles. The van der Waals surface area contributed by atoms with Crippen LogP contribution in [0.15, 0.2) is 35.8 Å². The lowest BCUT2D eigenvalue weighted by Crippen LogP contribution is -2.49. The van der Waals surface area contributed by atoms with Gasteiger partial charge in [-0.1, -0.05) is 6.07 Å². The van der Waals surface area contributed by atoms with Crippen molar-refractivity contribution in [3.63, 3.8) is 0 Å². The number of carbonyl (C=O) groups excluding carboxylic acids is 1. The van der Waals surface area contributed by atoms with Crippen molar-refractivity contribution in [1.82, 2.24) is 5.32 Å². The van der Waals surface area contributed by atoms with Crippen molar-refractivity contribution in [3.8, 4) is 0 Å². The fraction of sp³-hybridized carbons (Fsp3) is 0.438. The minimum absolute atomic E-state index is 0.132. The second kappa shape index (κ2) is 5.76. The highest BCUT2D eigenvalue weighted by Crippen LogP contribution is 2.34. The molecule has 0 aromatic heterocycles. The molecule has 0 bridgehead atoms. The van der Waals surface area contributed by atoms with Crippen molar-refractivity contribution in [2.24, 2.45) is 0 Å². The molecule has 1 aliphatic heterocycles. The Labute approximate surface area is 123 Å². The summed E-state index contributed by atoms with van der Waals surface area (Å²) in [5.41, 5.74) is 0.523. The number of carbonyl (C=O) groups is 1. The second-order valence-electron chi connectivity index (χ2n) is 5.35. The van der Waals surface area contributed by atoms with Crippen molar-refractivity contribution in [1.29, 1.82) is 0 Å². The Morgan fingerprint density at radius 1 is 1.38 bits per heavy atom. The predicted octanol–water partition coefficient (Wildman–Crippen LogP) is 2.91. The summed E-state index contributed by atoms with van der Waals surface area (Å²) in [6, 6.07) is 6.02. The molecule has 1 saturated carbocycles. The summed E-state index contributed by atoms with van der Waals surface area (Å²) < 4.78 is 19.2. The highest BCUT2D eigenvalue weighted by atomic mass is 19.1. The van der Waals surface area contributed by atoms with E-state index in [1.54, 1.807) is 12.1 Å². The van der Waals surface area contributed by atoms with E-state index >= 15 is 0 Å². The Morgan fingerprint density at radius 2 is 2.14 bits per heavy atom. The van der Waals surface area contributed by atoms with Crippen LogP contribution in [-0.2, 0) is 9.53 Å². The number of hydrogen-bond donors (Lipinski definition) is 1. The average molecular weight is 290 g/mol. The lowest BCUT2D eigenvalue weighted by Gasteiger charge is -2.36. The minimum Gasteiger partial charge on any atom is -0.482 e. The highest BCUT2D eigenvalue weighted by Gasteiger charge is 2.41. The van der Waals surface area contributed by atoms with Crippen LogP contribution in [0.25, 0.3) is 0 Å². The van der Waals surface area contributed by atoms with E-state index in [1.165, 1.54) is 17.0 Å². The predicted molar refractivity (Wildman–Crippen MR) is 77.9 cm³/mol. The van der Waals surface area contributed by atoms with Gasteiger partial charge >= 0.3 is 5.91 Å². The molecule has 112 valence electrons. The fourth-order valence-electron chi connectivity index (χ4n) is 2.82. The first-order valence-electron chi connectivity index (χ1n) is 7.45. The van der Waals surface area contributed by atoms with Crippen LogP contribution < -0.4 is 10.2 Å². The molecule has 1 aliphatic carbocycles. The van der Waals surface area contributed by atoms with E-state index in [9.17, 15) is 9.18 Å². The third-order valence-corrected chi connectivity index (χ3v) is 3.83. The smallest absolute Gasteiger partial charge is 0.303 e. The van der Waals surface area contributed by atoms with Gasteiger partial charge in [-0.2, -0.15) is 0 Å². The van der Waals surface area contributed by atoms with Crippen LogP contribution in [0.4, 0.5) is 10.1 Å². The molecule has 1 N–H and O–H groups in total. The molecule has 4 nitrogen and oxygen atoms in total. The van der Waals surface area contributed by atoms with Gasteiger partial charge in [0.1, 0.15) is 5.82 Å². The van der Waals surface area contributed by atoms with Crippen molar-refractivity contribution < 1.29 is 13.9 Å². The summed E-state index contributed by atoms with van der Waals surface area (Å²) in [5, 5.41) is 3.14. The Hall–Kier alpha value is -2.04. The Balaban J connectivity index is 1.85. The van der Waals surface area contributed by atoms with Gasteiger partial charge < -0.3 is 10.1 Å². The quantitative estimate of drug-likeness (QED) is 0.906. The lowest BCUT2D eigenvalue weighted by atomic mass is 10.1. The zero-order valence-electron chi connectivity index (χ0n) is 12.1. The van der Waals surface area contributed by atoms with Gasteiger partial charge in [-0.15, -0.1) is 0 Å². The third-order valence-electron chi connectivity index (χ3n) is 3.83. The molecule has 0 spiro atoms. The molecule has 1 aromatic carbocycles. The zero-order valence-corrected chi connectivity index (χ0v) is 12.1. The van der Waals surface area contributed by atoms with Crippen LogP contribution >= 0.6 is 0 Å². The van der Waals surface area contributed by atoms with Gasteiger partial charge in [-0.3, -0.25) is 9.69 Å². The lowest BCUT2D eigenvalue weighted by molar-refractivity contribution is -0.121. The van der Waals surface area contributed by atoms with Gasteiger partial charge in [-0.05, 0) is 50.8 Å². The van der Waals surface area contributed by atoms with E-state index in [2.05, 4.69) is 5.32 Å². The maximum atomic E-state index is 13.3. The largest absolute Gasteiger partial charge is 0.482 e. The first-order valence-corrected chi connectivity index (χ1v) is 7.45. The first kappa shape index (κ1) is 13.9. The number of benzene rings is 1. The summed E-state index contributed by atoms with van der Waals surface area (Å²) in [4.78, 5) is 13.8. The van der Waals surface area contributed by atoms with E-state index in [4.69, 9.17) is 4.74 Å². The standard InChI is InChI=1S/C16H19FN2O2/c1-2-18-15-14(21-13-8-3-4-9-13)16(20)19(15)12-7-5-6-11(17)10-12/h5-7,10,13,18H,2-4,8-9H2,1H3. The summed E-state index contributed by atoms with van der Waals surface area (Å²) in [7, 11) is 0. The molecule has 0 atom stereocenters. The fourth-order valence-corrected chi connectivity index (χ4v) is 2.82. The number of nitrogens with zero attached hydrogens (tertiary/aromatic N) is 1. The topological polar surface area (TPSA) is 41.6 Å². The van der Waals surface area contributed by atoms with E-state index < -0.39 is 0 Å². The van der Waals surface area contributed by atoms with Crippen molar-refractivity contribution >= 4 is 11.6 Å². The Morgan fingerprint density at radius 3 is 2.81 bits per heavy atom. The van der Waals surface area contributed by atoms with Crippen molar-refractivity contribution in [2.75, 3.05) is 11.4 Å². The molecule has 1 heterocycles. The summed E-state index contributed by atoms with van der Waals surface area (Å²) in [6.45, 7) is 2.62. The van der Waals surface area contributed by atoms with Gasteiger partial charge in [0, 0.05) is 6.54 Å². The van der Waals surface area contributed by atoms with Crippen LogP contribution in [-0.4, -0.2) is 18.6 Å². The number of hydrogen-bond acceptors (Lipinski definition) is 3. The SMILES string of the molecule is CCNC1=C(OC2CCCC2)C(=O)N1c1cccc(F)c1. The van der Waals surface area contributed by atoms with Gasteiger partial charge in [0.2, 0.25) is 5.76 Å². The van der Waals surface area contributed by atoms with E-state index in [-0.39, 0.29) is 17.8 Å². The van der Waals surface area contributed by atoms with Crippen LogP contribution in [0.5, 0.6) is 0 Å². The summed E-state index contributed by atoms with van der Waals surface area (Å²) >= 11 is 0.